The fraction of sp³-hybridized carbons (Fsp3) is 0.846. The van der Waals surface area contributed by atoms with Gasteiger partial charge in [0.05, 0.1) is 0 Å². The summed E-state index contributed by atoms with van der Waals surface area (Å²) in [7, 11) is -2.25. The van der Waals surface area contributed by atoms with Crippen LogP contribution in [0.15, 0.2) is 12.3 Å². The van der Waals surface area contributed by atoms with E-state index in [-0.39, 0.29) is 12.2 Å². The summed E-state index contributed by atoms with van der Waals surface area (Å²) < 4.78 is 12.3. The Balaban J connectivity index is 4.77. The van der Waals surface area contributed by atoms with Gasteiger partial charge in [-0.05, 0) is 32.4 Å². The summed E-state index contributed by atoms with van der Waals surface area (Å²) in [4.78, 5) is 0. The van der Waals surface area contributed by atoms with Crippen LogP contribution in [-0.2, 0) is 8.85 Å². The smallest absolute Gasteiger partial charge is 0.367 e. The lowest BCUT2D eigenvalue weighted by Crippen LogP contribution is -2.47. The molecule has 0 bridgehead atoms. The lowest BCUT2D eigenvalue weighted by atomic mass is 10.3. The van der Waals surface area contributed by atoms with Gasteiger partial charge in [0.15, 0.2) is 0 Å². The van der Waals surface area contributed by atoms with Crippen molar-refractivity contribution in [3.05, 3.63) is 12.3 Å². The van der Waals surface area contributed by atoms with Gasteiger partial charge in [0, 0.05) is 17.7 Å². The van der Waals surface area contributed by atoms with Crippen molar-refractivity contribution in [2.75, 3.05) is 0 Å². The van der Waals surface area contributed by atoms with Crippen molar-refractivity contribution < 1.29 is 8.85 Å². The monoisotopic (exact) mass is 244 g/mol. The highest BCUT2D eigenvalue weighted by Gasteiger charge is 2.40. The lowest BCUT2D eigenvalue weighted by Gasteiger charge is -2.35. The van der Waals surface area contributed by atoms with Crippen molar-refractivity contribution in [2.24, 2.45) is 0 Å². The Kier molecular flexibility index (Phi) is 7.20. The van der Waals surface area contributed by atoms with Crippen LogP contribution in [0.1, 0.15) is 54.4 Å². The van der Waals surface area contributed by atoms with Crippen LogP contribution in [0, 0.1) is 0 Å². The molecule has 0 aliphatic rings. The molecule has 2 atom stereocenters. The molecule has 0 spiro atoms. The minimum atomic E-state index is -2.25. The summed E-state index contributed by atoms with van der Waals surface area (Å²) >= 11 is 0. The zero-order chi connectivity index (χ0) is 12.8. The Morgan fingerprint density at radius 3 is 1.56 bits per heavy atom. The molecular weight excluding hydrogens is 216 g/mol. The molecule has 16 heavy (non-hydrogen) atoms. The fourth-order valence-corrected chi connectivity index (χ4v) is 4.28. The standard InChI is InChI=1S/C13H28O2Si/c1-8-12(6)14-16(10-3,11(4)5)15-13(7)9-2/h10-13H,3,8-9H2,1-2,4-7H3. The van der Waals surface area contributed by atoms with Crippen molar-refractivity contribution in [1.82, 2.24) is 0 Å². The summed E-state index contributed by atoms with van der Waals surface area (Å²) in [5.41, 5.74) is 2.34. The molecule has 0 saturated carbocycles. The molecule has 96 valence electrons. The molecule has 0 N–H and O–H groups in total. The van der Waals surface area contributed by atoms with Crippen molar-refractivity contribution >= 4 is 8.56 Å². The van der Waals surface area contributed by atoms with Gasteiger partial charge in [-0.1, -0.05) is 27.7 Å². The van der Waals surface area contributed by atoms with E-state index >= 15 is 0 Å². The minimum Gasteiger partial charge on any atom is -0.388 e. The predicted octanol–water partition coefficient (Wildman–Crippen LogP) is 4.19. The van der Waals surface area contributed by atoms with Gasteiger partial charge in [-0.15, -0.1) is 6.58 Å². The third kappa shape index (κ3) is 4.40. The van der Waals surface area contributed by atoms with E-state index in [2.05, 4.69) is 48.1 Å². The maximum atomic E-state index is 6.17. The van der Waals surface area contributed by atoms with Gasteiger partial charge in [0.2, 0.25) is 0 Å². The second-order valence-electron chi connectivity index (χ2n) is 4.75. The maximum Gasteiger partial charge on any atom is 0.367 e. The molecule has 0 amide bonds. The Hall–Kier alpha value is -0.123. The predicted molar refractivity (Wildman–Crippen MR) is 72.7 cm³/mol. The lowest BCUT2D eigenvalue weighted by molar-refractivity contribution is 0.0905. The first-order valence-electron chi connectivity index (χ1n) is 6.41. The normalized spacial score (nSPS) is 19.2. The van der Waals surface area contributed by atoms with E-state index in [1.165, 1.54) is 0 Å². The fourth-order valence-electron chi connectivity index (χ4n) is 1.43. The first-order chi connectivity index (χ1) is 7.41. The average molecular weight is 244 g/mol. The molecule has 0 aliphatic heterocycles. The van der Waals surface area contributed by atoms with Crippen molar-refractivity contribution in [2.45, 2.75) is 72.1 Å². The van der Waals surface area contributed by atoms with Crippen LogP contribution in [0.2, 0.25) is 5.54 Å². The van der Waals surface area contributed by atoms with Gasteiger partial charge in [-0.2, -0.15) is 0 Å². The van der Waals surface area contributed by atoms with Gasteiger partial charge < -0.3 is 8.85 Å². The number of rotatable bonds is 8. The highest BCUT2D eigenvalue weighted by atomic mass is 28.4. The zero-order valence-corrected chi connectivity index (χ0v) is 12.7. The highest BCUT2D eigenvalue weighted by molar-refractivity contribution is 6.74. The molecule has 0 aromatic carbocycles. The molecule has 0 rings (SSSR count). The third-order valence-electron chi connectivity index (χ3n) is 3.01. The minimum absolute atomic E-state index is 0.246. The molecule has 0 aromatic rings. The second kappa shape index (κ2) is 7.25. The Morgan fingerprint density at radius 1 is 1.00 bits per heavy atom. The summed E-state index contributed by atoms with van der Waals surface area (Å²) in [5, 5.41) is 0. The molecule has 0 fully saturated rings. The average Bonchev–Trinajstić information content (AvgIpc) is 2.27. The van der Waals surface area contributed by atoms with Crippen LogP contribution in [0.25, 0.3) is 0 Å². The largest absolute Gasteiger partial charge is 0.388 e. The van der Waals surface area contributed by atoms with Gasteiger partial charge in [-0.3, -0.25) is 0 Å². The van der Waals surface area contributed by atoms with Crippen molar-refractivity contribution in [1.29, 1.82) is 0 Å². The molecule has 0 saturated heterocycles. The van der Waals surface area contributed by atoms with E-state index in [0.29, 0.717) is 5.54 Å². The molecule has 2 unspecified atom stereocenters. The molecule has 0 aliphatic carbocycles. The molecular formula is C13H28O2Si. The summed E-state index contributed by atoms with van der Waals surface area (Å²) in [6, 6.07) is 0. The molecule has 0 heterocycles. The molecule has 0 aromatic heterocycles. The molecule has 0 radical (unpaired) electrons. The number of hydrogen-bond donors (Lipinski definition) is 0. The van der Waals surface area contributed by atoms with Gasteiger partial charge in [0.1, 0.15) is 0 Å². The maximum absolute atomic E-state index is 6.17. The van der Waals surface area contributed by atoms with Crippen LogP contribution < -0.4 is 0 Å². The molecule has 2 nitrogen and oxygen atoms in total. The third-order valence-corrected chi connectivity index (χ3v) is 6.73. The number of hydrogen-bond acceptors (Lipinski definition) is 2. The van der Waals surface area contributed by atoms with E-state index in [1.54, 1.807) is 0 Å². The van der Waals surface area contributed by atoms with Crippen LogP contribution in [-0.4, -0.2) is 20.8 Å². The summed E-state index contributed by atoms with van der Waals surface area (Å²) in [6.07, 6.45) is 2.52. The first-order valence-corrected chi connectivity index (χ1v) is 8.38. The van der Waals surface area contributed by atoms with Crippen LogP contribution >= 0.6 is 0 Å². The SMILES string of the molecule is C=C[Si](OC(C)CC)(OC(C)CC)C(C)C. The van der Waals surface area contributed by atoms with Crippen molar-refractivity contribution in [3.8, 4) is 0 Å². The summed E-state index contributed by atoms with van der Waals surface area (Å²) in [5.74, 6) is 0. The van der Waals surface area contributed by atoms with Gasteiger partial charge >= 0.3 is 8.56 Å². The van der Waals surface area contributed by atoms with E-state index in [4.69, 9.17) is 8.85 Å². The van der Waals surface area contributed by atoms with Crippen LogP contribution in [0.4, 0.5) is 0 Å². The summed E-state index contributed by atoms with van der Waals surface area (Å²) in [6.45, 7) is 16.8. The second-order valence-corrected chi connectivity index (χ2v) is 8.23. The molecule has 3 heteroatoms. The first kappa shape index (κ1) is 15.9. The van der Waals surface area contributed by atoms with E-state index < -0.39 is 8.56 Å². The van der Waals surface area contributed by atoms with Gasteiger partial charge in [-0.25, -0.2) is 0 Å². The zero-order valence-electron chi connectivity index (χ0n) is 11.7. The van der Waals surface area contributed by atoms with Gasteiger partial charge in [0.25, 0.3) is 0 Å². The van der Waals surface area contributed by atoms with Crippen LogP contribution in [0.3, 0.4) is 0 Å². The highest BCUT2D eigenvalue weighted by Crippen LogP contribution is 2.28. The quantitative estimate of drug-likeness (QED) is 0.596. The van der Waals surface area contributed by atoms with E-state index in [0.717, 1.165) is 12.8 Å². The van der Waals surface area contributed by atoms with Crippen molar-refractivity contribution in [3.63, 3.8) is 0 Å². The Labute approximate surface area is 102 Å². The van der Waals surface area contributed by atoms with E-state index in [9.17, 15) is 0 Å². The van der Waals surface area contributed by atoms with Crippen LogP contribution in [0.5, 0.6) is 0 Å². The Bertz CT molecular complexity index is 192. The topological polar surface area (TPSA) is 18.5 Å². The van der Waals surface area contributed by atoms with E-state index in [1.807, 2.05) is 5.70 Å². The Morgan fingerprint density at radius 2 is 1.38 bits per heavy atom.